The smallest absolute Gasteiger partial charge is 0.306 e. The second-order valence-corrected chi connectivity index (χ2v) is 7.56. The van der Waals surface area contributed by atoms with Crippen LogP contribution in [0.3, 0.4) is 0 Å². The third kappa shape index (κ3) is 5.27. The van der Waals surface area contributed by atoms with Crippen molar-refractivity contribution in [2.75, 3.05) is 6.54 Å². The van der Waals surface area contributed by atoms with E-state index in [2.05, 4.69) is 15.0 Å². The quantitative estimate of drug-likeness (QED) is 0.654. The summed E-state index contributed by atoms with van der Waals surface area (Å²) >= 11 is 0. The topological polar surface area (TPSA) is 125 Å². The minimum atomic E-state index is -3.66. The molecule has 3 N–H and O–H groups in total. The molecule has 1 aromatic rings. The van der Waals surface area contributed by atoms with Crippen molar-refractivity contribution in [2.24, 2.45) is 5.92 Å². The molecule has 8 nitrogen and oxygen atoms in total. The maximum absolute atomic E-state index is 12.0. The average molecular weight is 355 g/mol. The largest absolute Gasteiger partial charge is 0.481 e. The van der Waals surface area contributed by atoms with Gasteiger partial charge in [0.1, 0.15) is 4.90 Å². The lowest BCUT2D eigenvalue weighted by Crippen LogP contribution is -2.40. The van der Waals surface area contributed by atoms with E-state index < -0.39 is 16.0 Å². The fourth-order valence-electron chi connectivity index (χ4n) is 2.67. The van der Waals surface area contributed by atoms with Gasteiger partial charge >= 0.3 is 5.97 Å². The van der Waals surface area contributed by atoms with E-state index in [4.69, 9.17) is 5.11 Å². The predicted molar refractivity (Wildman–Crippen MR) is 85.6 cm³/mol. The number of carboxylic acid groups (broad SMARTS) is 1. The van der Waals surface area contributed by atoms with E-state index in [9.17, 15) is 18.0 Å². The number of nitrogens with one attached hydrogen (secondary N) is 2. The maximum atomic E-state index is 12.0. The van der Waals surface area contributed by atoms with Crippen LogP contribution in [0.25, 0.3) is 0 Å². The SMILES string of the molecule is O=C(CCNS(=O)(=O)c1cccnc1)NC1CCC(C(=O)O)CC1. The highest BCUT2D eigenvalue weighted by atomic mass is 32.2. The van der Waals surface area contributed by atoms with Crippen LogP contribution < -0.4 is 10.0 Å². The molecule has 0 aliphatic heterocycles. The van der Waals surface area contributed by atoms with Gasteiger partial charge in [-0.1, -0.05) is 0 Å². The third-order valence-electron chi connectivity index (χ3n) is 4.03. The van der Waals surface area contributed by atoms with Crippen LogP contribution in [-0.2, 0) is 19.6 Å². The van der Waals surface area contributed by atoms with Crippen LogP contribution in [0, 0.1) is 5.92 Å². The molecule has 9 heteroatoms. The van der Waals surface area contributed by atoms with Gasteiger partial charge in [0.05, 0.1) is 5.92 Å². The molecule has 0 bridgehead atoms. The molecule has 1 heterocycles. The molecule has 1 aliphatic carbocycles. The van der Waals surface area contributed by atoms with Gasteiger partial charge in [-0.05, 0) is 37.8 Å². The summed E-state index contributed by atoms with van der Waals surface area (Å²) in [5.74, 6) is -1.36. The average Bonchev–Trinajstić information content (AvgIpc) is 2.56. The number of aliphatic carboxylic acids is 1. The van der Waals surface area contributed by atoms with Crippen LogP contribution in [-0.4, -0.2) is 43.0 Å². The summed E-state index contributed by atoms with van der Waals surface area (Å²) in [5, 5.41) is 11.8. The summed E-state index contributed by atoms with van der Waals surface area (Å²) in [6.07, 6.45) is 5.10. The minimum absolute atomic E-state index is 0.00642. The van der Waals surface area contributed by atoms with Gasteiger partial charge in [0.15, 0.2) is 0 Å². The first-order valence-electron chi connectivity index (χ1n) is 7.80. The molecule has 0 atom stereocenters. The molecule has 1 amide bonds. The van der Waals surface area contributed by atoms with Crippen molar-refractivity contribution in [2.45, 2.75) is 43.0 Å². The van der Waals surface area contributed by atoms with Crippen LogP contribution in [0.2, 0.25) is 0 Å². The zero-order valence-corrected chi connectivity index (χ0v) is 14.0. The van der Waals surface area contributed by atoms with E-state index in [-0.39, 0.29) is 35.7 Å². The number of hydrogen-bond donors (Lipinski definition) is 3. The molecule has 0 spiro atoms. The Hall–Kier alpha value is -2.00. The Morgan fingerprint density at radius 2 is 1.96 bits per heavy atom. The van der Waals surface area contributed by atoms with E-state index in [0.29, 0.717) is 25.7 Å². The minimum Gasteiger partial charge on any atom is -0.481 e. The van der Waals surface area contributed by atoms with Crippen LogP contribution in [0.15, 0.2) is 29.4 Å². The molecule has 1 aliphatic rings. The van der Waals surface area contributed by atoms with E-state index >= 15 is 0 Å². The van der Waals surface area contributed by atoms with Crippen LogP contribution in [0.4, 0.5) is 0 Å². The second kappa shape index (κ2) is 8.20. The lowest BCUT2D eigenvalue weighted by molar-refractivity contribution is -0.142. The molecule has 0 unspecified atom stereocenters. The first-order valence-corrected chi connectivity index (χ1v) is 9.28. The molecule has 132 valence electrons. The van der Waals surface area contributed by atoms with Crippen molar-refractivity contribution in [3.05, 3.63) is 24.5 Å². The number of sulfonamides is 1. The normalized spacial score (nSPS) is 21.2. The number of amides is 1. The number of pyridine rings is 1. The van der Waals surface area contributed by atoms with Gasteiger partial charge in [-0.3, -0.25) is 14.6 Å². The van der Waals surface area contributed by atoms with Gasteiger partial charge in [0, 0.05) is 31.4 Å². The highest BCUT2D eigenvalue weighted by Crippen LogP contribution is 2.24. The van der Waals surface area contributed by atoms with Crippen molar-refractivity contribution in [1.29, 1.82) is 0 Å². The Morgan fingerprint density at radius 1 is 1.25 bits per heavy atom. The van der Waals surface area contributed by atoms with Crippen molar-refractivity contribution in [1.82, 2.24) is 15.0 Å². The molecule has 2 rings (SSSR count). The summed E-state index contributed by atoms with van der Waals surface area (Å²) in [4.78, 5) is 26.6. The zero-order valence-electron chi connectivity index (χ0n) is 13.1. The third-order valence-corrected chi connectivity index (χ3v) is 5.48. The Kier molecular flexibility index (Phi) is 6.27. The zero-order chi connectivity index (χ0) is 17.6. The van der Waals surface area contributed by atoms with Gasteiger partial charge in [-0.2, -0.15) is 0 Å². The maximum Gasteiger partial charge on any atom is 0.306 e. The van der Waals surface area contributed by atoms with Gasteiger partial charge in [-0.15, -0.1) is 0 Å². The molecular weight excluding hydrogens is 334 g/mol. The first kappa shape index (κ1) is 18.3. The van der Waals surface area contributed by atoms with Crippen LogP contribution in [0.1, 0.15) is 32.1 Å². The summed E-state index contributed by atoms with van der Waals surface area (Å²) < 4.78 is 26.3. The molecule has 0 radical (unpaired) electrons. The fourth-order valence-corrected chi connectivity index (χ4v) is 3.67. The molecule has 1 saturated carbocycles. The number of hydrogen-bond acceptors (Lipinski definition) is 5. The number of carboxylic acids is 1. The van der Waals surface area contributed by atoms with E-state index in [1.807, 2.05) is 0 Å². The van der Waals surface area contributed by atoms with E-state index in [1.165, 1.54) is 24.5 Å². The van der Waals surface area contributed by atoms with Gasteiger partial charge < -0.3 is 10.4 Å². The number of carbonyl (C=O) groups is 2. The van der Waals surface area contributed by atoms with Crippen molar-refractivity contribution in [3.63, 3.8) is 0 Å². The molecule has 0 aromatic carbocycles. The van der Waals surface area contributed by atoms with Crippen LogP contribution >= 0.6 is 0 Å². The lowest BCUT2D eigenvalue weighted by atomic mass is 9.86. The fraction of sp³-hybridized carbons (Fsp3) is 0.533. The Bertz CT molecular complexity index is 670. The van der Waals surface area contributed by atoms with E-state index in [0.717, 1.165) is 0 Å². The Labute approximate surface area is 140 Å². The Morgan fingerprint density at radius 3 is 2.54 bits per heavy atom. The summed E-state index contributed by atoms with van der Waals surface area (Å²) in [6, 6.07) is 2.91. The monoisotopic (exact) mass is 355 g/mol. The van der Waals surface area contributed by atoms with E-state index in [1.54, 1.807) is 0 Å². The number of aromatic nitrogens is 1. The molecular formula is C15H21N3O5S. The highest BCUT2D eigenvalue weighted by Gasteiger charge is 2.26. The first-order chi connectivity index (χ1) is 11.4. The summed E-state index contributed by atoms with van der Waals surface area (Å²) in [6.45, 7) is -0.00642. The van der Waals surface area contributed by atoms with Crippen molar-refractivity contribution < 1.29 is 23.1 Å². The summed E-state index contributed by atoms with van der Waals surface area (Å²) in [5.41, 5.74) is 0. The molecule has 1 aromatic heterocycles. The van der Waals surface area contributed by atoms with Crippen molar-refractivity contribution >= 4 is 21.9 Å². The number of rotatable bonds is 7. The van der Waals surface area contributed by atoms with Crippen molar-refractivity contribution in [3.8, 4) is 0 Å². The second-order valence-electron chi connectivity index (χ2n) is 5.79. The molecule has 0 saturated heterocycles. The number of carbonyl (C=O) groups excluding carboxylic acids is 1. The Balaban J connectivity index is 1.71. The predicted octanol–water partition coefficient (Wildman–Crippen LogP) is 0.510. The standard InChI is InChI=1S/C15H21N3O5S/c19-14(18-12-5-3-11(4-6-12)15(20)21)7-9-17-24(22,23)13-2-1-8-16-10-13/h1-2,8,10-12,17H,3-7,9H2,(H,18,19)(H,20,21). The highest BCUT2D eigenvalue weighted by molar-refractivity contribution is 7.89. The van der Waals surface area contributed by atoms with Gasteiger partial charge in [0.25, 0.3) is 0 Å². The molecule has 24 heavy (non-hydrogen) atoms. The van der Waals surface area contributed by atoms with Gasteiger partial charge in [-0.25, -0.2) is 13.1 Å². The lowest BCUT2D eigenvalue weighted by Gasteiger charge is -2.26. The number of nitrogens with zero attached hydrogens (tertiary/aromatic N) is 1. The molecule has 1 fully saturated rings. The summed E-state index contributed by atoms with van der Waals surface area (Å²) in [7, 11) is -3.66. The van der Waals surface area contributed by atoms with Crippen LogP contribution in [0.5, 0.6) is 0 Å². The van der Waals surface area contributed by atoms with Gasteiger partial charge in [0.2, 0.25) is 15.9 Å².